The maximum Gasteiger partial charge on any atom is 0.257 e. The van der Waals surface area contributed by atoms with Crippen molar-refractivity contribution in [3.63, 3.8) is 0 Å². The highest BCUT2D eigenvalue weighted by Gasteiger charge is 2.10. The predicted molar refractivity (Wildman–Crippen MR) is 81.2 cm³/mol. The van der Waals surface area contributed by atoms with Gasteiger partial charge >= 0.3 is 0 Å². The number of aromatic nitrogens is 1. The summed E-state index contributed by atoms with van der Waals surface area (Å²) < 4.78 is 10.3. The zero-order chi connectivity index (χ0) is 15.4. The van der Waals surface area contributed by atoms with Gasteiger partial charge in [-0.25, -0.2) is 4.98 Å². The van der Waals surface area contributed by atoms with Crippen molar-refractivity contribution >= 4 is 29.0 Å². The van der Waals surface area contributed by atoms with Crippen LogP contribution in [0.2, 0.25) is 5.02 Å². The fraction of sp³-hybridized carbons (Fsp3) is 0.143. The number of nitrogens with one attached hydrogen (secondary N) is 1. The quantitative estimate of drug-likeness (QED) is 0.906. The van der Waals surface area contributed by atoms with Gasteiger partial charge < -0.3 is 20.5 Å². The number of hydrogen-bond acceptors (Lipinski definition) is 5. The number of halogens is 1. The van der Waals surface area contributed by atoms with E-state index in [1.54, 1.807) is 18.2 Å². The summed E-state index contributed by atoms with van der Waals surface area (Å²) in [6.07, 6.45) is 1.36. The third-order valence-corrected chi connectivity index (χ3v) is 3.04. The molecule has 0 unspecified atom stereocenters. The summed E-state index contributed by atoms with van der Waals surface area (Å²) in [5, 5.41) is 2.94. The monoisotopic (exact) mass is 307 g/mol. The number of methoxy groups -OCH3 is 2. The lowest BCUT2D eigenvalue weighted by molar-refractivity contribution is 0.102. The second-order valence-corrected chi connectivity index (χ2v) is 4.55. The minimum Gasteiger partial charge on any atom is -0.497 e. The van der Waals surface area contributed by atoms with Gasteiger partial charge in [-0.3, -0.25) is 4.79 Å². The van der Waals surface area contributed by atoms with E-state index in [9.17, 15) is 4.79 Å². The maximum atomic E-state index is 12.1. The average molecular weight is 308 g/mol. The molecule has 2 aromatic rings. The number of pyridine rings is 1. The van der Waals surface area contributed by atoms with Gasteiger partial charge in [0.2, 0.25) is 0 Å². The Morgan fingerprint density at radius 1 is 1.19 bits per heavy atom. The van der Waals surface area contributed by atoms with Gasteiger partial charge in [0.05, 0.1) is 24.8 Å². The second-order valence-electron chi connectivity index (χ2n) is 4.15. The molecule has 21 heavy (non-hydrogen) atoms. The van der Waals surface area contributed by atoms with Gasteiger partial charge in [0.15, 0.2) is 0 Å². The van der Waals surface area contributed by atoms with E-state index in [1.807, 2.05) is 0 Å². The van der Waals surface area contributed by atoms with E-state index in [2.05, 4.69) is 10.3 Å². The first-order valence-electron chi connectivity index (χ1n) is 5.99. The fourth-order valence-electron chi connectivity index (χ4n) is 1.66. The summed E-state index contributed by atoms with van der Waals surface area (Å²) in [5.74, 6) is 0.951. The zero-order valence-electron chi connectivity index (χ0n) is 11.5. The molecule has 6 nitrogen and oxygen atoms in total. The first kappa shape index (κ1) is 14.9. The van der Waals surface area contributed by atoms with Crippen molar-refractivity contribution in [2.75, 3.05) is 25.3 Å². The minimum atomic E-state index is -0.361. The van der Waals surface area contributed by atoms with Crippen LogP contribution in [0.5, 0.6) is 11.5 Å². The topological polar surface area (TPSA) is 86.5 Å². The molecule has 0 spiro atoms. The van der Waals surface area contributed by atoms with Crippen molar-refractivity contribution < 1.29 is 14.3 Å². The Labute approximate surface area is 126 Å². The van der Waals surface area contributed by atoms with E-state index in [0.29, 0.717) is 22.7 Å². The number of hydrogen-bond donors (Lipinski definition) is 2. The number of nitrogen functional groups attached to an aromatic ring is 1. The number of carbonyl (C=O) groups is 1. The van der Waals surface area contributed by atoms with Gasteiger partial charge in [0.25, 0.3) is 5.91 Å². The van der Waals surface area contributed by atoms with E-state index in [1.165, 1.54) is 26.5 Å². The van der Waals surface area contributed by atoms with Crippen molar-refractivity contribution in [1.29, 1.82) is 0 Å². The molecule has 0 fully saturated rings. The smallest absolute Gasteiger partial charge is 0.257 e. The van der Waals surface area contributed by atoms with Crippen LogP contribution >= 0.6 is 11.6 Å². The van der Waals surface area contributed by atoms with Gasteiger partial charge in [0, 0.05) is 30.1 Å². The average Bonchev–Trinajstić information content (AvgIpc) is 2.49. The van der Waals surface area contributed by atoms with Crippen molar-refractivity contribution in [3.05, 3.63) is 41.0 Å². The predicted octanol–water partition coefficient (Wildman–Crippen LogP) is 2.59. The number of nitrogens with two attached hydrogens (primary N) is 1. The Balaban J connectivity index is 2.24. The van der Waals surface area contributed by atoms with Crippen molar-refractivity contribution in [1.82, 2.24) is 4.98 Å². The molecule has 1 amide bonds. The second kappa shape index (κ2) is 6.32. The molecule has 0 saturated heterocycles. The lowest BCUT2D eigenvalue weighted by Gasteiger charge is -2.10. The van der Waals surface area contributed by atoms with Crippen LogP contribution in [-0.4, -0.2) is 25.1 Å². The third-order valence-electron chi connectivity index (χ3n) is 2.74. The molecule has 1 aromatic carbocycles. The Bertz CT molecular complexity index is 654. The summed E-state index contributed by atoms with van der Waals surface area (Å²) in [5.41, 5.74) is 6.34. The van der Waals surface area contributed by atoms with Crippen molar-refractivity contribution in [3.8, 4) is 11.5 Å². The maximum absolute atomic E-state index is 12.1. The molecule has 110 valence electrons. The molecule has 7 heteroatoms. The van der Waals surface area contributed by atoms with Crippen LogP contribution < -0.4 is 20.5 Å². The van der Waals surface area contributed by atoms with Crippen molar-refractivity contribution in [2.45, 2.75) is 0 Å². The molecule has 0 bridgehead atoms. The largest absolute Gasteiger partial charge is 0.497 e. The number of amides is 1. The van der Waals surface area contributed by atoms with Gasteiger partial charge in [-0.15, -0.1) is 0 Å². The summed E-state index contributed by atoms with van der Waals surface area (Å²) in [6.45, 7) is 0. The number of anilines is 2. The number of benzene rings is 1. The van der Waals surface area contributed by atoms with Crippen LogP contribution in [0.3, 0.4) is 0 Å². The molecule has 0 aliphatic heterocycles. The first-order chi connectivity index (χ1) is 10.0. The Kier molecular flexibility index (Phi) is 4.49. The molecule has 1 heterocycles. The highest BCUT2D eigenvalue weighted by atomic mass is 35.5. The molecule has 0 saturated carbocycles. The molecule has 1 aromatic heterocycles. The third kappa shape index (κ3) is 3.55. The number of ether oxygens (including phenoxy) is 2. The summed E-state index contributed by atoms with van der Waals surface area (Å²) in [7, 11) is 3.06. The van der Waals surface area contributed by atoms with Crippen molar-refractivity contribution in [2.24, 2.45) is 0 Å². The molecule has 0 radical (unpaired) electrons. The van der Waals surface area contributed by atoms with Gasteiger partial charge in [0.1, 0.15) is 17.3 Å². The molecule has 2 rings (SSSR count). The SMILES string of the molecule is COc1cc(NC(=O)c2cnc(N)c(Cl)c2)cc(OC)c1. The molecule has 3 N–H and O–H groups in total. The lowest BCUT2D eigenvalue weighted by atomic mass is 10.2. The van der Waals surface area contributed by atoms with Gasteiger partial charge in [-0.1, -0.05) is 11.6 Å². The van der Waals surface area contributed by atoms with E-state index < -0.39 is 0 Å². The highest BCUT2D eigenvalue weighted by Crippen LogP contribution is 2.26. The first-order valence-corrected chi connectivity index (χ1v) is 6.36. The standard InChI is InChI=1S/C14H14ClN3O3/c1-20-10-4-9(5-11(6-10)21-2)18-14(19)8-3-12(15)13(16)17-7-8/h3-7H,1-2H3,(H2,16,17)(H,18,19). The fourth-order valence-corrected chi connectivity index (χ4v) is 1.82. The summed E-state index contributed by atoms with van der Waals surface area (Å²) in [4.78, 5) is 16.0. The molecule has 0 aliphatic carbocycles. The Hall–Kier alpha value is -2.47. The Morgan fingerprint density at radius 3 is 2.33 bits per heavy atom. The minimum absolute atomic E-state index is 0.177. The normalized spacial score (nSPS) is 10.0. The van der Waals surface area contributed by atoms with Gasteiger partial charge in [-0.05, 0) is 6.07 Å². The number of rotatable bonds is 4. The van der Waals surface area contributed by atoms with Crippen LogP contribution in [-0.2, 0) is 0 Å². The zero-order valence-corrected chi connectivity index (χ0v) is 12.3. The molecular weight excluding hydrogens is 294 g/mol. The summed E-state index contributed by atoms with van der Waals surface area (Å²) >= 11 is 5.85. The van der Waals surface area contributed by atoms with E-state index in [4.69, 9.17) is 26.8 Å². The van der Waals surface area contributed by atoms with Crippen LogP contribution in [0.1, 0.15) is 10.4 Å². The molecule has 0 atom stereocenters. The molecular formula is C14H14ClN3O3. The van der Waals surface area contributed by atoms with Crippen LogP contribution in [0.4, 0.5) is 11.5 Å². The van der Waals surface area contributed by atoms with Crippen LogP contribution in [0, 0.1) is 0 Å². The highest BCUT2D eigenvalue weighted by molar-refractivity contribution is 6.33. The van der Waals surface area contributed by atoms with Crippen LogP contribution in [0.25, 0.3) is 0 Å². The van der Waals surface area contributed by atoms with E-state index in [-0.39, 0.29) is 16.7 Å². The van der Waals surface area contributed by atoms with Crippen LogP contribution in [0.15, 0.2) is 30.5 Å². The number of nitrogens with zero attached hydrogens (tertiary/aromatic N) is 1. The lowest BCUT2D eigenvalue weighted by Crippen LogP contribution is -2.12. The van der Waals surface area contributed by atoms with E-state index >= 15 is 0 Å². The Morgan fingerprint density at radius 2 is 1.81 bits per heavy atom. The van der Waals surface area contributed by atoms with E-state index in [0.717, 1.165) is 0 Å². The number of carbonyl (C=O) groups excluding carboxylic acids is 1. The molecule has 0 aliphatic rings. The summed E-state index contributed by atoms with van der Waals surface area (Å²) in [6, 6.07) is 6.51. The van der Waals surface area contributed by atoms with Gasteiger partial charge in [-0.2, -0.15) is 0 Å².